The number of aromatic nitrogens is 3. The predicted octanol–water partition coefficient (Wildman–Crippen LogP) is 10.8. The van der Waals surface area contributed by atoms with E-state index >= 15 is 0 Å². The molecular weight excluding hydrogens is 573 g/mol. The SMILES string of the molecule is N#Cc1c(-n2c3ccccc3c3ccccc32)cccc1-n1c2ccccc2c2c3c4ccccc4n(-c4ccccc4)c3ccc21. The molecular formula is C43H26N4. The Balaban J connectivity index is 1.34. The molecule has 0 saturated heterocycles. The second-order valence-corrected chi connectivity index (χ2v) is 12.0. The fourth-order valence-electron chi connectivity index (χ4n) is 7.83. The smallest absolute Gasteiger partial charge is 0.104 e. The third-order valence-electron chi connectivity index (χ3n) is 9.68. The lowest BCUT2D eigenvalue weighted by Crippen LogP contribution is -2.04. The molecule has 10 rings (SSSR count). The Bertz CT molecular complexity index is 2860. The summed E-state index contributed by atoms with van der Waals surface area (Å²) in [5.74, 6) is 0. The standard InChI is InChI=1S/C43H26N4/c44-27-33-38(46-34-19-8-4-15-29(34)30-16-5-9-20-35(30)46)23-12-24-39(33)47-37-22-11-7-18-32(37)43-41(47)26-25-40-42(43)31-17-6-10-21-36(31)45(40)28-13-2-1-3-14-28/h1-26H. The van der Waals surface area contributed by atoms with E-state index < -0.39 is 0 Å². The third kappa shape index (κ3) is 3.46. The Hall–Kier alpha value is -6.57. The molecule has 47 heavy (non-hydrogen) atoms. The molecule has 0 atom stereocenters. The first kappa shape index (κ1) is 25.7. The van der Waals surface area contributed by atoms with E-state index in [-0.39, 0.29) is 0 Å². The highest BCUT2D eigenvalue weighted by Gasteiger charge is 2.23. The lowest BCUT2D eigenvalue weighted by atomic mass is 10.1. The number of hydrogen-bond donors (Lipinski definition) is 0. The van der Waals surface area contributed by atoms with Gasteiger partial charge in [0.1, 0.15) is 11.6 Å². The van der Waals surface area contributed by atoms with Gasteiger partial charge in [-0.25, -0.2) is 0 Å². The van der Waals surface area contributed by atoms with Crippen LogP contribution in [0.1, 0.15) is 5.56 Å². The fraction of sp³-hybridized carbons (Fsp3) is 0. The summed E-state index contributed by atoms with van der Waals surface area (Å²) >= 11 is 0. The van der Waals surface area contributed by atoms with E-state index in [1.54, 1.807) is 0 Å². The average Bonchev–Trinajstić information content (AvgIpc) is 3.77. The van der Waals surface area contributed by atoms with E-state index in [1.165, 1.54) is 32.4 Å². The van der Waals surface area contributed by atoms with Gasteiger partial charge in [-0.05, 0) is 60.7 Å². The quantitative estimate of drug-likeness (QED) is 0.199. The van der Waals surface area contributed by atoms with Gasteiger partial charge in [-0.15, -0.1) is 0 Å². The fourth-order valence-corrected chi connectivity index (χ4v) is 7.83. The van der Waals surface area contributed by atoms with Crippen molar-refractivity contribution in [1.29, 1.82) is 5.26 Å². The van der Waals surface area contributed by atoms with Crippen LogP contribution in [0.2, 0.25) is 0 Å². The number of rotatable bonds is 3. The van der Waals surface area contributed by atoms with Crippen LogP contribution in [-0.2, 0) is 0 Å². The zero-order chi connectivity index (χ0) is 31.1. The van der Waals surface area contributed by atoms with E-state index in [2.05, 4.69) is 177 Å². The molecule has 10 aromatic rings. The summed E-state index contributed by atoms with van der Waals surface area (Å²) in [5.41, 5.74) is 10.1. The molecule has 0 saturated carbocycles. The highest BCUT2D eigenvalue weighted by molar-refractivity contribution is 6.29. The Kier molecular flexibility index (Phi) is 5.32. The van der Waals surface area contributed by atoms with Gasteiger partial charge in [0.15, 0.2) is 0 Å². The van der Waals surface area contributed by atoms with E-state index in [4.69, 9.17) is 0 Å². The van der Waals surface area contributed by atoms with Gasteiger partial charge in [0, 0.05) is 38.0 Å². The van der Waals surface area contributed by atoms with Gasteiger partial charge in [-0.3, -0.25) is 0 Å². The monoisotopic (exact) mass is 598 g/mol. The van der Waals surface area contributed by atoms with Crippen molar-refractivity contribution in [2.45, 2.75) is 0 Å². The zero-order valence-corrected chi connectivity index (χ0v) is 25.3. The van der Waals surface area contributed by atoms with Gasteiger partial charge in [0.2, 0.25) is 0 Å². The molecule has 0 N–H and O–H groups in total. The average molecular weight is 599 g/mol. The van der Waals surface area contributed by atoms with E-state index in [0.29, 0.717) is 5.56 Å². The molecule has 0 spiro atoms. The molecule has 3 heterocycles. The summed E-state index contributed by atoms with van der Waals surface area (Å²) in [6, 6.07) is 58.1. The van der Waals surface area contributed by atoms with Gasteiger partial charge in [-0.2, -0.15) is 5.26 Å². The van der Waals surface area contributed by atoms with Crippen LogP contribution < -0.4 is 0 Å². The van der Waals surface area contributed by atoms with Gasteiger partial charge in [0.25, 0.3) is 0 Å². The molecule has 0 bridgehead atoms. The Labute approximate surface area is 270 Å². The molecule has 4 nitrogen and oxygen atoms in total. The van der Waals surface area contributed by atoms with Gasteiger partial charge < -0.3 is 13.7 Å². The van der Waals surface area contributed by atoms with E-state index in [9.17, 15) is 5.26 Å². The highest BCUT2D eigenvalue weighted by atomic mass is 15.0. The van der Waals surface area contributed by atoms with E-state index in [0.717, 1.165) is 50.0 Å². The van der Waals surface area contributed by atoms with Gasteiger partial charge >= 0.3 is 0 Å². The van der Waals surface area contributed by atoms with Crippen LogP contribution in [0.3, 0.4) is 0 Å². The Morgan fingerprint density at radius 3 is 1.28 bits per heavy atom. The maximum Gasteiger partial charge on any atom is 0.104 e. The molecule has 0 aliphatic rings. The van der Waals surface area contributed by atoms with Crippen molar-refractivity contribution in [3.8, 4) is 23.1 Å². The Morgan fingerprint density at radius 1 is 0.340 bits per heavy atom. The maximum absolute atomic E-state index is 10.9. The minimum atomic E-state index is 0.633. The number of benzene rings is 7. The number of para-hydroxylation sites is 5. The first-order chi connectivity index (χ1) is 23.3. The largest absolute Gasteiger partial charge is 0.309 e. The molecule has 7 aromatic carbocycles. The minimum absolute atomic E-state index is 0.633. The molecule has 0 amide bonds. The summed E-state index contributed by atoms with van der Waals surface area (Å²) in [5, 5.41) is 18.1. The van der Waals surface area contributed by atoms with Crippen molar-refractivity contribution in [2.24, 2.45) is 0 Å². The number of hydrogen-bond acceptors (Lipinski definition) is 1. The van der Waals surface area contributed by atoms with Crippen molar-refractivity contribution in [2.75, 3.05) is 0 Å². The molecule has 0 aliphatic heterocycles. The lowest BCUT2D eigenvalue weighted by molar-refractivity contribution is 1.12. The maximum atomic E-state index is 10.9. The van der Waals surface area contributed by atoms with Crippen molar-refractivity contribution in [3.05, 3.63) is 163 Å². The summed E-state index contributed by atoms with van der Waals surface area (Å²) in [4.78, 5) is 0. The number of nitrogens with zero attached hydrogens (tertiary/aromatic N) is 4. The first-order valence-corrected chi connectivity index (χ1v) is 15.9. The molecule has 0 radical (unpaired) electrons. The van der Waals surface area contributed by atoms with Crippen LogP contribution in [0.4, 0.5) is 0 Å². The highest BCUT2D eigenvalue weighted by Crippen LogP contribution is 2.43. The van der Waals surface area contributed by atoms with Crippen molar-refractivity contribution in [1.82, 2.24) is 13.7 Å². The zero-order valence-electron chi connectivity index (χ0n) is 25.3. The van der Waals surface area contributed by atoms with Crippen LogP contribution in [0, 0.1) is 11.3 Å². The first-order valence-electron chi connectivity index (χ1n) is 15.9. The van der Waals surface area contributed by atoms with Gasteiger partial charge in [-0.1, -0.05) is 97.1 Å². The summed E-state index contributed by atoms with van der Waals surface area (Å²) < 4.78 is 6.89. The van der Waals surface area contributed by atoms with Crippen LogP contribution in [0.25, 0.3) is 82.5 Å². The second-order valence-electron chi connectivity index (χ2n) is 12.0. The predicted molar refractivity (Wildman–Crippen MR) is 194 cm³/mol. The van der Waals surface area contributed by atoms with E-state index in [1.807, 2.05) is 0 Å². The Morgan fingerprint density at radius 2 is 0.745 bits per heavy atom. The normalized spacial score (nSPS) is 11.8. The van der Waals surface area contributed by atoms with Crippen LogP contribution in [-0.4, -0.2) is 13.7 Å². The molecule has 0 unspecified atom stereocenters. The van der Waals surface area contributed by atoms with Gasteiger partial charge in [0.05, 0.1) is 44.5 Å². The van der Waals surface area contributed by atoms with Crippen molar-refractivity contribution >= 4 is 65.4 Å². The molecule has 3 aromatic heterocycles. The van der Waals surface area contributed by atoms with Crippen molar-refractivity contribution in [3.63, 3.8) is 0 Å². The summed E-state index contributed by atoms with van der Waals surface area (Å²) in [6.45, 7) is 0. The molecule has 0 aliphatic carbocycles. The molecule has 4 heteroatoms. The topological polar surface area (TPSA) is 38.6 Å². The number of fused-ring (bicyclic) bond motifs is 10. The second kappa shape index (κ2) is 9.71. The molecule has 0 fully saturated rings. The van der Waals surface area contributed by atoms with Crippen molar-refractivity contribution < 1.29 is 0 Å². The van der Waals surface area contributed by atoms with Crippen LogP contribution in [0.15, 0.2) is 158 Å². The number of nitriles is 1. The van der Waals surface area contributed by atoms with Crippen LogP contribution >= 0.6 is 0 Å². The summed E-state index contributed by atoms with van der Waals surface area (Å²) in [6.07, 6.45) is 0. The third-order valence-corrected chi connectivity index (χ3v) is 9.68. The molecule has 218 valence electrons. The lowest BCUT2D eigenvalue weighted by Gasteiger charge is -2.15. The summed E-state index contributed by atoms with van der Waals surface area (Å²) in [7, 11) is 0. The van der Waals surface area contributed by atoms with Crippen LogP contribution in [0.5, 0.6) is 0 Å². The minimum Gasteiger partial charge on any atom is -0.309 e.